The monoisotopic (exact) mass is 379 g/mol. The molecule has 2 aromatic rings. The third kappa shape index (κ3) is 5.14. The molecule has 0 amide bonds. The number of nitrogens with zero attached hydrogens (tertiary/aromatic N) is 1. The number of hydrogen-bond donors (Lipinski definition) is 0. The SMILES string of the molecule is COc1cc(/C=C(\C#N)C(=O)C(C)(C)C)cc(OC)c1OCc1ccccc1. The number of nitriles is 1. The van der Waals surface area contributed by atoms with E-state index >= 15 is 0 Å². The van der Waals surface area contributed by atoms with E-state index in [4.69, 9.17) is 14.2 Å². The van der Waals surface area contributed by atoms with E-state index in [2.05, 4.69) is 0 Å². The summed E-state index contributed by atoms with van der Waals surface area (Å²) in [5.41, 5.74) is 1.07. The van der Waals surface area contributed by atoms with Crippen LogP contribution in [0.1, 0.15) is 31.9 Å². The summed E-state index contributed by atoms with van der Waals surface area (Å²) >= 11 is 0. The van der Waals surface area contributed by atoms with Gasteiger partial charge in [0.15, 0.2) is 17.3 Å². The van der Waals surface area contributed by atoms with Crippen molar-refractivity contribution in [1.29, 1.82) is 5.26 Å². The molecule has 146 valence electrons. The average molecular weight is 379 g/mol. The fraction of sp³-hybridized carbons (Fsp3) is 0.304. The van der Waals surface area contributed by atoms with Gasteiger partial charge >= 0.3 is 0 Å². The van der Waals surface area contributed by atoms with Crippen molar-refractivity contribution < 1.29 is 19.0 Å². The molecule has 0 aliphatic carbocycles. The number of ketones is 1. The molecule has 0 aliphatic heterocycles. The summed E-state index contributed by atoms with van der Waals surface area (Å²) < 4.78 is 16.8. The second-order valence-electron chi connectivity index (χ2n) is 7.28. The zero-order valence-electron chi connectivity index (χ0n) is 16.9. The Morgan fingerprint density at radius 2 is 1.64 bits per heavy atom. The molecule has 0 atom stereocenters. The molecule has 0 N–H and O–H groups in total. The molecule has 0 fully saturated rings. The van der Waals surface area contributed by atoms with Gasteiger partial charge in [0.2, 0.25) is 5.75 Å². The Hall–Kier alpha value is -3.26. The third-order valence-corrected chi connectivity index (χ3v) is 4.07. The zero-order chi connectivity index (χ0) is 20.7. The highest BCUT2D eigenvalue weighted by molar-refractivity contribution is 6.06. The van der Waals surface area contributed by atoms with Gasteiger partial charge in [-0.15, -0.1) is 0 Å². The first-order valence-electron chi connectivity index (χ1n) is 8.89. The number of methoxy groups -OCH3 is 2. The second-order valence-corrected chi connectivity index (χ2v) is 7.28. The number of Topliss-reactive ketones (excluding diaryl/α,β-unsaturated/α-hetero) is 1. The van der Waals surface area contributed by atoms with Crippen LogP contribution in [-0.4, -0.2) is 20.0 Å². The third-order valence-electron chi connectivity index (χ3n) is 4.07. The molecule has 5 heteroatoms. The maximum atomic E-state index is 12.5. The predicted octanol–water partition coefficient (Wildman–Crippen LogP) is 4.80. The Bertz CT molecular complexity index is 877. The van der Waals surface area contributed by atoms with Gasteiger partial charge in [0, 0.05) is 5.41 Å². The van der Waals surface area contributed by atoms with E-state index in [0.717, 1.165) is 5.56 Å². The van der Waals surface area contributed by atoms with Crippen molar-refractivity contribution >= 4 is 11.9 Å². The number of carbonyl (C=O) groups excluding carboxylic acids is 1. The van der Waals surface area contributed by atoms with Crippen molar-refractivity contribution in [2.75, 3.05) is 14.2 Å². The van der Waals surface area contributed by atoms with Crippen LogP contribution in [0, 0.1) is 16.7 Å². The largest absolute Gasteiger partial charge is 0.493 e. The first-order valence-corrected chi connectivity index (χ1v) is 8.89. The van der Waals surface area contributed by atoms with Crippen LogP contribution in [-0.2, 0) is 11.4 Å². The van der Waals surface area contributed by atoms with Crippen LogP contribution in [0.4, 0.5) is 0 Å². The van der Waals surface area contributed by atoms with Gasteiger partial charge in [-0.1, -0.05) is 51.1 Å². The highest BCUT2D eigenvalue weighted by Crippen LogP contribution is 2.39. The number of rotatable bonds is 7. The van der Waals surface area contributed by atoms with E-state index in [1.54, 1.807) is 39.0 Å². The van der Waals surface area contributed by atoms with Gasteiger partial charge in [0.05, 0.1) is 19.8 Å². The number of carbonyl (C=O) groups is 1. The molecule has 0 radical (unpaired) electrons. The molecular formula is C23H25NO4. The predicted molar refractivity (Wildman–Crippen MR) is 108 cm³/mol. The van der Waals surface area contributed by atoms with Crippen molar-refractivity contribution in [3.63, 3.8) is 0 Å². The molecule has 0 heterocycles. The summed E-state index contributed by atoms with van der Waals surface area (Å²) in [5, 5.41) is 9.41. The van der Waals surface area contributed by atoms with E-state index in [1.165, 1.54) is 14.2 Å². The van der Waals surface area contributed by atoms with Crippen molar-refractivity contribution in [2.45, 2.75) is 27.4 Å². The van der Waals surface area contributed by atoms with Gasteiger partial charge in [-0.25, -0.2) is 0 Å². The molecule has 0 aromatic heterocycles. The van der Waals surface area contributed by atoms with Crippen LogP contribution in [0.2, 0.25) is 0 Å². The summed E-state index contributed by atoms with van der Waals surface area (Å²) in [6.07, 6.45) is 1.54. The Labute approximate surface area is 166 Å². The van der Waals surface area contributed by atoms with Crippen LogP contribution in [0.5, 0.6) is 17.2 Å². The maximum Gasteiger partial charge on any atom is 0.203 e. The van der Waals surface area contributed by atoms with Crippen LogP contribution in [0.25, 0.3) is 6.08 Å². The van der Waals surface area contributed by atoms with Crippen molar-refractivity contribution in [2.24, 2.45) is 5.41 Å². The summed E-state index contributed by atoms with van der Waals surface area (Å²) in [7, 11) is 3.06. The second kappa shape index (κ2) is 9.09. The van der Waals surface area contributed by atoms with Crippen LogP contribution < -0.4 is 14.2 Å². The normalized spacial score (nSPS) is 11.5. The molecular weight excluding hydrogens is 354 g/mol. The molecule has 2 aromatic carbocycles. The first kappa shape index (κ1) is 21.0. The van der Waals surface area contributed by atoms with Crippen LogP contribution in [0.15, 0.2) is 48.0 Å². The minimum atomic E-state index is -0.644. The van der Waals surface area contributed by atoms with E-state index in [1.807, 2.05) is 36.4 Å². The van der Waals surface area contributed by atoms with E-state index < -0.39 is 5.41 Å². The highest BCUT2D eigenvalue weighted by atomic mass is 16.5. The quantitative estimate of drug-likeness (QED) is 0.510. The fourth-order valence-corrected chi connectivity index (χ4v) is 2.57. The van der Waals surface area contributed by atoms with Crippen LogP contribution in [0.3, 0.4) is 0 Å². The van der Waals surface area contributed by atoms with Gasteiger partial charge in [0.1, 0.15) is 12.7 Å². The standard InChI is InChI=1S/C23H25NO4/c1-23(2,3)22(25)18(14-24)11-17-12-19(26-4)21(20(13-17)27-5)28-15-16-9-7-6-8-10-16/h6-13H,15H2,1-5H3/b18-11+. The number of allylic oxidation sites excluding steroid dienone is 1. The van der Waals surface area contributed by atoms with Gasteiger partial charge in [0.25, 0.3) is 0 Å². The average Bonchev–Trinajstić information content (AvgIpc) is 2.69. The van der Waals surface area contributed by atoms with Gasteiger partial charge in [-0.3, -0.25) is 4.79 Å². The zero-order valence-corrected chi connectivity index (χ0v) is 16.9. The van der Waals surface area contributed by atoms with Crippen molar-refractivity contribution in [3.8, 4) is 23.3 Å². The molecule has 2 rings (SSSR count). The van der Waals surface area contributed by atoms with E-state index in [9.17, 15) is 10.1 Å². The minimum absolute atomic E-state index is 0.0783. The molecule has 28 heavy (non-hydrogen) atoms. The van der Waals surface area contributed by atoms with Gasteiger partial charge in [-0.05, 0) is 29.3 Å². The molecule has 0 unspecified atom stereocenters. The lowest BCUT2D eigenvalue weighted by molar-refractivity contribution is -0.121. The first-order chi connectivity index (χ1) is 13.3. The molecule has 0 bridgehead atoms. The Morgan fingerprint density at radius 3 is 2.11 bits per heavy atom. The molecule has 0 spiro atoms. The number of ether oxygens (including phenoxy) is 3. The lowest BCUT2D eigenvalue weighted by atomic mass is 9.86. The van der Waals surface area contributed by atoms with Crippen LogP contribution >= 0.6 is 0 Å². The highest BCUT2D eigenvalue weighted by Gasteiger charge is 2.25. The molecule has 5 nitrogen and oxygen atoms in total. The maximum absolute atomic E-state index is 12.5. The topological polar surface area (TPSA) is 68.5 Å². The van der Waals surface area contributed by atoms with E-state index in [0.29, 0.717) is 29.4 Å². The summed E-state index contributed by atoms with van der Waals surface area (Å²) in [4.78, 5) is 12.5. The molecule has 0 aliphatic rings. The lowest BCUT2D eigenvalue weighted by Gasteiger charge is -2.17. The molecule has 0 saturated carbocycles. The molecule has 0 saturated heterocycles. The minimum Gasteiger partial charge on any atom is -0.493 e. The Balaban J connectivity index is 2.40. The number of hydrogen-bond acceptors (Lipinski definition) is 5. The summed E-state index contributed by atoms with van der Waals surface area (Å²) in [6.45, 7) is 5.70. The van der Waals surface area contributed by atoms with E-state index in [-0.39, 0.29) is 11.4 Å². The Morgan fingerprint density at radius 1 is 1.07 bits per heavy atom. The van der Waals surface area contributed by atoms with Gasteiger partial charge < -0.3 is 14.2 Å². The van der Waals surface area contributed by atoms with Crippen molar-refractivity contribution in [3.05, 3.63) is 59.2 Å². The van der Waals surface area contributed by atoms with Gasteiger partial charge in [-0.2, -0.15) is 5.26 Å². The van der Waals surface area contributed by atoms with Crippen molar-refractivity contribution in [1.82, 2.24) is 0 Å². The lowest BCUT2D eigenvalue weighted by Crippen LogP contribution is -2.21. The Kier molecular flexibility index (Phi) is 6.84. The summed E-state index contributed by atoms with van der Waals surface area (Å²) in [5.74, 6) is 1.16. The smallest absolute Gasteiger partial charge is 0.203 e. The fourth-order valence-electron chi connectivity index (χ4n) is 2.57. The number of benzene rings is 2. The summed E-state index contributed by atoms with van der Waals surface area (Å²) in [6, 6.07) is 15.2.